The molecule has 9 nitrogen and oxygen atoms in total. The number of carbonyl (C=O) groups is 3. The van der Waals surface area contributed by atoms with E-state index in [1.165, 1.54) is 29.2 Å². The van der Waals surface area contributed by atoms with Crippen LogP contribution in [-0.4, -0.2) is 44.3 Å². The van der Waals surface area contributed by atoms with Crippen LogP contribution >= 0.6 is 0 Å². The summed E-state index contributed by atoms with van der Waals surface area (Å²) in [6.45, 7) is 0. The number of nitrogens with one attached hydrogen (secondary N) is 1. The number of nitrogens with zero attached hydrogens (tertiary/aromatic N) is 2. The highest BCUT2D eigenvalue weighted by molar-refractivity contribution is 6.09. The molecule has 2 amide bonds. The van der Waals surface area contributed by atoms with Crippen molar-refractivity contribution in [2.45, 2.75) is 56.1 Å². The van der Waals surface area contributed by atoms with Crippen molar-refractivity contribution in [3.05, 3.63) is 111 Å². The molecule has 220 valence electrons. The van der Waals surface area contributed by atoms with E-state index in [1.807, 2.05) is 66.7 Å². The fraction of sp³-hybridized carbons (Fsp3) is 0.324. The maximum Gasteiger partial charge on any atom is 0.325 e. The van der Waals surface area contributed by atoms with E-state index in [9.17, 15) is 29.6 Å². The largest absolute Gasteiger partial charge is 0.480 e. The summed E-state index contributed by atoms with van der Waals surface area (Å²) in [6.07, 6.45) is 8.21. The van der Waals surface area contributed by atoms with E-state index in [4.69, 9.17) is 0 Å². The zero-order valence-electron chi connectivity index (χ0n) is 23.6. The zero-order valence-corrected chi connectivity index (χ0v) is 23.6. The topological polar surface area (TPSA) is 130 Å². The van der Waals surface area contributed by atoms with Gasteiger partial charge in [-0.1, -0.05) is 98.1 Å². The number of benzene rings is 3. The van der Waals surface area contributed by atoms with E-state index in [0.29, 0.717) is 5.56 Å². The Balaban J connectivity index is 1.36. The Morgan fingerprint density at radius 1 is 0.907 bits per heavy atom. The first-order valence-electron chi connectivity index (χ1n) is 14.7. The van der Waals surface area contributed by atoms with Crippen LogP contribution in [0.4, 0.5) is 5.69 Å². The highest BCUT2D eigenvalue weighted by Gasteiger charge is 2.69. The Hall–Kier alpha value is -4.63. The molecule has 2 saturated heterocycles. The lowest BCUT2D eigenvalue weighted by Gasteiger charge is -2.34. The molecular formula is C34H33N3O6. The van der Waals surface area contributed by atoms with Crippen LogP contribution < -0.4 is 5.32 Å². The summed E-state index contributed by atoms with van der Waals surface area (Å²) in [5, 5.41) is 25.2. The normalized spacial score (nSPS) is 25.8. The summed E-state index contributed by atoms with van der Waals surface area (Å²) >= 11 is 0. The number of aliphatic carboxylic acids is 1. The fourth-order valence-electron chi connectivity index (χ4n) is 7.07. The number of imide groups is 1. The monoisotopic (exact) mass is 579 g/mol. The summed E-state index contributed by atoms with van der Waals surface area (Å²) in [4.78, 5) is 53.4. The predicted molar refractivity (Wildman–Crippen MR) is 161 cm³/mol. The average molecular weight is 580 g/mol. The highest BCUT2D eigenvalue weighted by atomic mass is 16.6. The van der Waals surface area contributed by atoms with Gasteiger partial charge >= 0.3 is 5.97 Å². The predicted octanol–water partition coefficient (Wildman–Crippen LogP) is 5.41. The van der Waals surface area contributed by atoms with Gasteiger partial charge in [0.2, 0.25) is 11.8 Å². The van der Waals surface area contributed by atoms with Gasteiger partial charge in [-0.2, -0.15) is 0 Å². The Morgan fingerprint density at radius 3 is 2.14 bits per heavy atom. The van der Waals surface area contributed by atoms with Gasteiger partial charge in [0.25, 0.3) is 5.69 Å². The van der Waals surface area contributed by atoms with E-state index in [-0.39, 0.29) is 24.1 Å². The molecule has 2 heterocycles. The molecule has 2 aliphatic heterocycles. The van der Waals surface area contributed by atoms with Crippen LogP contribution in [-0.2, 0) is 20.8 Å². The number of amides is 2. The lowest BCUT2D eigenvalue weighted by atomic mass is 9.76. The van der Waals surface area contributed by atoms with Crippen LogP contribution in [0.2, 0.25) is 0 Å². The van der Waals surface area contributed by atoms with Crippen LogP contribution in [0.5, 0.6) is 0 Å². The number of carboxylic acids is 1. The number of hydrogen-bond acceptors (Lipinski definition) is 6. The van der Waals surface area contributed by atoms with Crippen LogP contribution in [0.15, 0.2) is 78.9 Å². The molecule has 6 rings (SSSR count). The molecule has 3 aromatic carbocycles. The Bertz CT molecular complexity index is 1560. The standard InChI is InChI=1S/C34H33N3O6/c38-31-28-29(32(39)36(31)26-9-5-2-6-10-26)34(33(40)41,21-24-15-19-27(20-16-24)37(42)43)35-30(28)25-17-13-23(14-18-25)12-11-22-7-3-1-4-8-22/h1,3-4,7-8,11-20,26,28-30,35H,2,5-6,9-10,21H2,(H,40,41). The zero-order chi connectivity index (χ0) is 30.1. The molecule has 0 radical (unpaired) electrons. The lowest BCUT2D eigenvalue weighted by molar-refractivity contribution is -0.384. The molecule has 3 aromatic rings. The smallest absolute Gasteiger partial charge is 0.325 e. The maximum atomic E-state index is 14.1. The van der Waals surface area contributed by atoms with Crippen LogP contribution in [0.25, 0.3) is 12.2 Å². The summed E-state index contributed by atoms with van der Waals surface area (Å²) < 4.78 is 0. The summed E-state index contributed by atoms with van der Waals surface area (Å²) in [7, 11) is 0. The quantitative estimate of drug-likeness (QED) is 0.158. The number of carbonyl (C=O) groups excluding carboxylic acids is 2. The number of carboxylic acid groups (broad SMARTS) is 1. The Labute approximate surface area is 249 Å². The Morgan fingerprint density at radius 2 is 1.53 bits per heavy atom. The van der Waals surface area contributed by atoms with Gasteiger partial charge in [0.1, 0.15) is 5.54 Å². The second kappa shape index (κ2) is 11.6. The molecule has 4 atom stereocenters. The van der Waals surface area contributed by atoms with Gasteiger partial charge in [-0.3, -0.25) is 34.7 Å². The van der Waals surface area contributed by atoms with Crippen molar-refractivity contribution in [2.75, 3.05) is 0 Å². The van der Waals surface area contributed by atoms with Crippen LogP contribution in [0.3, 0.4) is 0 Å². The number of nitro groups is 1. The van der Waals surface area contributed by atoms with Crippen molar-refractivity contribution in [2.24, 2.45) is 11.8 Å². The molecule has 3 aliphatic rings. The van der Waals surface area contributed by atoms with E-state index in [1.54, 1.807) is 0 Å². The van der Waals surface area contributed by atoms with Gasteiger partial charge in [0, 0.05) is 30.6 Å². The molecule has 0 aromatic heterocycles. The third-order valence-corrected chi connectivity index (χ3v) is 9.20. The molecule has 0 spiro atoms. The number of non-ortho nitro benzene ring substituents is 1. The van der Waals surface area contributed by atoms with E-state index < -0.39 is 40.2 Å². The third kappa shape index (κ3) is 5.25. The van der Waals surface area contributed by atoms with Crippen molar-refractivity contribution in [1.82, 2.24) is 10.2 Å². The van der Waals surface area contributed by atoms with Gasteiger partial charge in [-0.15, -0.1) is 0 Å². The fourth-order valence-corrected chi connectivity index (χ4v) is 7.07. The average Bonchev–Trinajstić information content (AvgIpc) is 3.51. The molecule has 9 heteroatoms. The van der Waals surface area contributed by atoms with E-state index >= 15 is 0 Å². The second-order valence-electron chi connectivity index (χ2n) is 11.8. The second-order valence-corrected chi connectivity index (χ2v) is 11.8. The van der Waals surface area contributed by atoms with Crippen molar-refractivity contribution in [3.63, 3.8) is 0 Å². The first-order valence-corrected chi connectivity index (χ1v) is 14.7. The highest BCUT2D eigenvalue weighted by Crippen LogP contribution is 2.51. The molecule has 3 fully saturated rings. The molecule has 43 heavy (non-hydrogen) atoms. The van der Waals surface area contributed by atoms with Crippen LogP contribution in [0.1, 0.15) is 60.4 Å². The molecule has 1 saturated carbocycles. The first kappa shape index (κ1) is 28.5. The third-order valence-electron chi connectivity index (χ3n) is 9.20. The number of hydrogen-bond donors (Lipinski definition) is 2. The summed E-state index contributed by atoms with van der Waals surface area (Å²) in [6, 6.07) is 22.2. The van der Waals surface area contributed by atoms with Gasteiger partial charge in [-0.25, -0.2) is 0 Å². The molecule has 2 N–H and O–H groups in total. The van der Waals surface area contributed by atoms with Gasteiger partial charge < -0.3 is 5.11 Å². The number of likely N-dealkylation sites (tertiary alicyclic amines) is 1. The van der Waals surface area contributed by atoms with Gasteiger partial charge in [-0.05, 0) is 35.1 Å². The van der Waals surface area contributed by atoms with Crippen molar-refractivity contribution >= 4 is 35.6 Å². The number of fused-ring (bicyclic) bond motifs is 1. The Kier molecular flexibility index (Phi) is 7.66. The molecular weight excluding hydrogens is 546 g/mol. The number of nitro benzene ring substituents is 1. The molecule has 1 aliphatic carbocycles. The van der Waals surface area contributed by atoms with Gasteiger partial charge in [0.05, 0.1) is 16.8 Å². The maximum absolute atomic E-state index is 14.1. The minimum Gasteiger partial charge on any atom is -0.480 e. The summed E-state index contributed by atoms with van der Waals surface area (Å²) in [5.41, 5.74) is 1.37. The van der Waals surface area contributed by atoms with Crippen LogP contribution in [0, 0.1) is 22.0 Å². The van der Waals surface area contributed by atoms with Crippen molar-refractivity contribution in [3.8, 4) is 0 Å². The first-order chi connectivity index (χ1) is 20.8. The summed E-state index contributed by atoms with van der Waals surface area (Å²) in [5.74, 6) is -3.98. The van der Waals surface area contributed by atoms with Crippen molar-refractivity contribution < 1.29 is 24.4 Å². The minimum atomic E-state index is -1.77. The lowest BCUT2D eigenvalue weighted by Crippen LogP contribution is -2.58. The van der Waals surface area contributed by atoms with Crippen molar-refractivity contribution in [1.29, 1.82) is 0 Å². The van der Waals surface area contributed by atoms with E-state index in [2.05, 4.69) is 5.32 Å². The molecule has 0 bridgehead atoms. The SMILES string of the molecule is O=C1C2C(c3ccc(C=Cc4ccccc4)cc3)NC(Cc3ccc([N+](=O)[O-])cc3)(C(=O)O)C2C(=O)N1C1CCCCC1. The van der Waals surface area contributed by atoms with E-state index in [0.717, 1.165) is 48.8 Å². The number of rotatable bonds is 8. The minimum absolute atomic E-state index is 0.104. The molecule has 4 unspecified atom stereocenters. The van der Waals surface area contributed by atoms with Gasteiger partial charge in [0.15, 0.2) is 0 Å².